The molecule has 2 aliphatic heterocycles. The Morgan fingerprint density at radius 3 is 2.84 bits per heavy atom. The molecule has 3 heterocycles. The molecule has 0 saturated carbocycles. The summed E-state index contributed by atoms with van der Waals surface area (Å²) in [6.45, 7) is 2.84. The molecular formula is C18H21FN4O2. The molecule has 0 radical (unpaired) electrons. The zero-order chi connectivity index (χ0) is 17.2. The van der Waals surface area contributed by atoms with Gasteiger partial charge in [0, 0.05) is 25.6 Å². The van der Waals surface area contributed by atoms with E-state index in [0.29, 0.717) is 37.3 Å². The van der Waals surface area contributed by atoms with Crippen LogP contribution in [-0.2, 0) is 4.74 Å². The van der Waals surface area contributed by atoms with Crippen LogP contribution in [0.4, 0.5) is 16.2 Å². The van der Waals surface area contributed by atoms with Gasteiger partial charge in [-0.25, -0.2) is 9.37 Å². The highest BCUT2D eigenvalue weighted by molar-refractivity contribution is 5.48. The second-order valence-electron chi connectivity index (χ2n) is 6.36. The maximum Gasteiger partial charge on any atom is 0.224 e. The Hall–Kier alpha value is -2.41. The van der Waals surface area contributed by atoms with E-state index in [2.05, 4.69) is 20.2 Å². The molecule has 2 aliphatic rings. The number of halogens is 1. The Balaban J connectivity index is 1.44. The predicted molar refractivity (Wildman–Crippen MR) is 92.8 cm³/mol. The van der Waals surface area contributed by atoms with E-state index in [9.17, 15) is 4.39 Å². The average Bonchev–Trinajstić information content (AvgIpc) is 3.13. The highest BCUT2D eigenvalue weighted by atomic mass is 19.1. The number of hydrogen-bond donors (Lipinski definition) is 1. The molecule has 0 bridgehead atoms. The van der Waals surface area contributed by atoms with Crippen molar-refractivity contribution in [3.8, 4) is 5.75 Å². The quantitative estimate of drug-likeness (QED) is 0.899. The normalized spacial score (nSPS) is 20.4. The lowest BCUT2D eigenvalue weighted by Crippen LogP contribution is -2.54. The van der Waals surface area contributed by atoms with Crippen molar-refractivity contribution in [2.45, 2.75) is 18.4 Å². The Morgan fingerprint density at radius 1 is 1.28 bits per heavy atom. The van der Waals surface area contributed by atoms with Crippen molar-refractivity contribution >= 4 is 11.8 Å². The standard InChI is InChI=1S/C18H21FN4O2/c1-20-18-21-15(12-6-7-24-11-12)8-17(22-18)23-9-13(10-23)25-16-5-3-2-4-14(16)19/h2-5,8,12-13H,6-7,9-11H2,1H3,(H,20,21,22). The van der Waals surface area contributed by atoms with Gasteiger partial charge in [-0.2, -0.15) is 4.98 Å². The third-order valence-corrected chi connectivity index (χ3v) is 4.61. The van der Waals surface area contributed by atoms with E-state index in [1.165, 1.54) is 6.07 Å². The first-order valence-corrected chi connectivity index (χ1v) is 8.53. The number of hydrogen-bond acceptors (Lipinski definition) is 6. The largest absolute Gasteiger partial charge is 0.484 e. The molecule has 1 atom stereocenters. The first-order chi connectivity index (χ1) is 12.2. The Bertz CT molecular complexity index is 746. The van der Waals surface area contributed by atoms with Gasteiger partial charge in [0.1, 0.15) is 11.9 Å². The van der Waals surface area contributed by atoms with Crippen LogP contribution in [0.25, 0.3) is 0 Å². The number of aromatic nitrogens is 2. The van der Waals surface area contributed by atoms with Crippen LogP contribution in [0, 0.1) is 5.82 Å². The van der Waals surface area contributed by atoms with Crippen LogP contribution in [0.1, 0.15) is 18.0 Å². The maximum atomic E-state index is 13.7. The first-order valence-electron chi connectivity index (χ1n) is 8.53. The lowest BCUT2D eigenvalue weighted by molar-refractivity contribution is 0.160. The number of ether oxygens (including phenoxy) is 2. The first kappa shape index (κ1) is 16.1. The smallest absolute Gasteiger partial charge is 0.224 e. The number of anilines is 2. The van der Waals surface area contributed by atoms with Crippen molar-refractivity contribution in [3.63, 3.8) is 0 Å². The summed E-state index contributed by atoms with van der Waals surface area (Å²) in [5, 5.41) is 3.02. The van der Waals surface area contributed by atoms with Gasteiger partial charge in [0.25, 0.3) is 0 Å². The SMILES string of the molecule is CNc1nc(C2CCOC2)cc(N2CC(Oc3ccccc3F)C2)n1. The van der Waals surface area contributed by atoms with Gasteiger partial charge in [-0.05, 0) is 18.6 Å². The van der Waals surface area contributed by atoms with Crippen LogP contribution >= 0.6 is 0 Å². The molecule has 2 saturated heterocycles. The Kier molecular flexibility index (Phi) is 4.40. The van der Waals surface area contributed by atoms with Crippen molar-refractivity contribution in [3.05, 3.63) is 41.8 Å². The number of nitrogens with one attached hydrogen (secondary N) is 1. The van der Waals surface area contributed by atoms with E-state index in [-0.39, 0.29) is 11.9 Å². The summed E-state index contributed by atoms with van der Waals surface area (Å²) < 4.78 is 24.9. The topological polar surface area (TPSA) is 59.5 Å². The number of rotatable bonds is 5. The molecule has 0 amide bonds. The average molecular weight is 344 g/mol. The second kappa shape index (κ2) is 6.84. The van der Waals surface area contributed by atoms with E-state index < -0.39 is 0 Å². The van der Waals surface area contributed by atoms with E-state index in [4.69, 9.17) is 9.47 Å². The van der Waals surface area contributed by atoms with Crippen LogP contribution in [0.15, 0.2) is 30.3 Å². The summed E-state index contributed by atoms with van der Waals surface area (Å²) >= 11 is 0. The summed E-state index contributed by atoms with van der Waals surface area (Å²) in [7, 11) is 1.81. The molecule has 2 fully saturated rings. The summed E-state index contributed by atoms with van der Waals surface area (Å²) in [6.07, 6.45) is 0.946. The molecule has 132 valence electrons. The molecule has 2 aromatic rings. The monoisotopic (exact) mass is 344 g/mol. The van der Waals surface area contributed by atoms with Crippen molar-refractivity contribution in [2.75, 3.05) is 43.6 Å². The lowest BCUT2D eigenvalue weighted by atomic mass is 10.0. The highest BCUT2D eigenvalue weighted by Gasteiger charge is 2.31. The molecule has 6 nitrogen and oxygen atoms in total. The molecule has 7 heteroatoms. The van der Waals surface area contributed by atoms with Crippen LogP contribution < -0.4 is 15.0 Å². The molecule has 4 rings (SSSR count). The van der Waals surface area contributed by atoms with Gasteiger partial charge >= 0.3 is 0 Å². The fraction of sp³-hybridized carbons (Fsp3) is 0.444. The molecule has 1 aromatic heterocycles. The van der Waals surface area contributed by atoms with Gasteiger partial charge in [-0.3, -0.25) is 0 Å². The van der Waals surface area contributed by atoms with E-state index >= 15 is 0 Å². The zero-order valence-electron chi connectivity index (χ0n) is 14.1. The van der Waals surface area contributed by atoms with Gasteiger partial charge < -0.3 is 19.7 Å². The molecule has 0 aliphatic carbocycles. The molecule has 1 N–H and O–H groups in total. The lowest BCUT2D eigenvalue weighted by Gasteiger charge is -2.40. The van der Waals surface area contributed by atoms with Gasteiger partial charge in [0.05, 0.1) is 25.4 Å². The van der Waals surface area contributed by atoms with Crippen molar-refractivity contribution in [1.82, 2.24) is 9.97 Å². The Labute approximate surface area is 146 Å². The van der Waals surface area contributed by atoms with E-state index in [0.717, 1.165) is 24.5 Å². The van der Waals surface area contributed by atoms with Gasteiger partial charge in [0.15, 0.2) is 11.6 Å². The zero-order valence-corrected chi connectivity index (χ0v) is 14.1. The van der Waals surface area contributed by atoms with Crippen molar-refractivity contribution < 1.29 is 13.9 Å². The maximum absolute atomic E-state index is 13.7. The van der Waals surface area contributed by atoms with Crippen molar-refractivity contribution in [2.24, 2.45) is 0 Å². The Morgan fingerprint density at radius 2 is 2.12 bits per heavy atom. The van der Waals surface area contributed by atoms with Gasteiger partial charge in [0.2, 0.25) is 5.95 Å². The molecule has 25 heavy (non-hydrogen) atoms. The summed E-state index contributed by atoms with van der Waals surface area (Å²) in [5.74, 6) is 1.77. The van der Waals surface area contributed by atoms with Crippen LogP contribution in [-0.4, -0.2) is 49.4 Å². The van der Waals surface area contributed by atoms with Gasteiger partial charge in [-0.15, -0.1) is 0 Å². The predicted octanol–water partition coefficient (Wildman–Crippen LogP) is 2.43. The third kappa shape index (κ3) is 3.37. The van der Waals surface area contributed by atoms with Crippen molar-refractivity contribution in [1.29, 1.82) is 0 Å². The van der Waals surface area contributed by atoms with E-state index in [1.54, 1.807) is 18.2 Å². The molecule has 0 spiro atoms. The number of para-hydroxylation sites is 1. The summed E-state index contributed by atoms with van der Waals surface area (Å²) in [5.41, 5.74) is 1.00. The van der Waals surface area contributed by atoms with Crippen LogP contribution in [0.5, 0.6) is 5.75 Å². The fourth-order valence-corrected chi connectivity index (χ4v) is 3.12. The minimum Gasteiger partial charge on any atom is -0.484 e. The third-order valence-electron chi connectivity index (χ3n) is 4.61. The van der Waals surface area contributed by atoms with Crippen LogP contribution in [0.2, 0.25) is 0 Å². The molecule has 1 unspecified atom stereocenters. The molecule has 1 aromatic carbocycles. The molecular weight excluding hydrogens is 323 g/mol. The minimum atomic E-state index is -0.330. The fourth-order valence-electron chi connectivity index (χ4n) is 3.12. The minimum absolute atomic E-state index is 0.0387. The second-order valence-corrected chi connectivity index (χ2v) is 6.36. The highest BCUT2D eigenvalue weighted by Crippen LogP contribution is 2.30. The summed E-state index contributed by atoms with van der Waals surface area (Å²) in [4.78, 5) is 11.2. The summed E-state index contributed by atoms with van der Waals surface area (Å²) in [6, 6.07) is 8.52. The van der Waals surface area contributed by atoms with Gasteiger partial charge in [-0.1, -0.05) is 12.1 Å². The number of nitrogens with zero attached hydrogens (tertiary/aromatic N) is 3. The van der Waals surface area contributed by atoms with Crippen LogP contribution in [0.3, 0.4) is 0 Å². The number of benzene rings is 1. The van der Waals surface area contributed by atoms with E-state index in [1.807, 2.05) is 13.1 Å².